The lowest BCUT2D eigenvalue weighted by molar-refractivity contribution is -0.134. The quantitative estimate of drug-likeness (QED) is 0.109. The summed E-state index contributed by atoms with van der Waals surface area (Å²) in [6, 6.07) is 15.6. The number of imidazole rings is 1. The van der Waals surface area contributed by atoms with E-state index in [0.29, 0.717) is 36.5 Å². The van der Waals surface area contributed by atoms with Crippen LogP contribution >= 0.6 is 0 Å². The van der Waals surface area contributed by atoms with Gasteiger partial charge in [0, 0.05) is 79.6 Å². The van der Waals surface area contributed by atoms with Crippen molar-refractivity contribution in [1.29, 1.82) is 0 Å². The highest BCUT2D eigenvalue weighted by Crippen LogP contribution is 2.41. The number of carbonyl (C=O) groups is 2. The molecule has 0 aliphatic carbocycles. The first-order valence-corrected chi connectivity index (χ1v) is 18.4. The topological polar surface area (TPSA) is 122 Å². The van der Waals surface area contributed by atoms with Gasteiger partial charge in [-0.1, -0.05) is 44.5 Å². The molecule has 10 nitrogen and oxygen atoms in total. The number of nitrogens with zero attached hydrogens (tertiary/aromatic N) is 2. The van der Waals surface area contributed by atoms with Crippen LogP contribution in [-0.4, -0.2) is 65.6 Å². The summed E-state index contributed by atoms with van der Waals surface area (Å²) in [6.45, 7) is 7.64. The SMILES string of the molecule is COCCONC(=O)CCc1cccc(C2(C)CCCC(C)(C)CN(C)C(=O)CCc3c(c(F)cc4[nH]ccc34)Oc3ccc(F)c(c3)-c3ncc2[nH]3)c1. The number of aromatic nitrogens is 3. The number of rotatable bonds is 8. The number of hydrogen-bond acceptors (Lipinski definition) is 6. The van der Waals surface area contributed by atoms with E-state index < -0.39 is 17.0 Å². The van der Waals surface area contributed by atoms with Crippen LogP contribution in [0.3, 0.4) is 0 Å². The Kier molecular flexibility index (Phi) is 11.8. The third-order valence-corrected chi connectivity index (χ3v) is 10.4. The Morgan fingerprint density at radius 3 is 2.69 bits per heavy atom. The number of benzene rings is 3. The van der Waals surface area contributed by atoms with Crippen LogP contribution in [0.25, 0.3) is 22.3 Å². The van der Waals surface area contributed by atoms with Crippen molar-refractivity contribution in [3.8, 4) is 22.9 Å². The number of carbonyl (C=O) groups excluding carboxylic acids is 2. The number of aromatic amines is 2. The minimum Gasteiger partial charge on any atom is -0.454 e. The van der Waals surface area contributed by atoms with Crippen molar-refractivity contribution in [2.45, 2.75) is 71.1 Å². The summed E-state index contributed by atoms with van der Waals surface area (Å²) in [7, 11) is 3.38. The first kappa shape index (κ1) is 38.6. The molecule has 0 saturated heterocycles. The van der Waals surface area contributed by atoms with Crippen LogP contribution in [0.1, 0.15) is 75.3 Å². The van der Waals surface area contributed by atoms with Gasteiger partial charge in [-0.3, -0.25) is 14.4 Å². The van der Waals surface area contributed by atoms with E-state index in [4.69, 9.17) is 14.3 Å². The molecule has 4 bridgehead atoms. The van der Waals surface area contributed by atoms with E-state index in [1.165, 1.54) is 24.3 Å². The summed E-state index contributed by atoms with van der Waals surface area (Å²) in [5, 5.41) is 0.754. The molecule has 3 heterocycles. The van der Waals surface area contributed by atoms with Crippen LogP contribution < -0.4 is 10.2 Å². The highest BCUT2D eigenvalue weighted by molar-refractivity contribution is 5.86. The molecule has 2 amide bonds. The largest absolute Gasteiger partial charge is 0.454 e. The first-order valence-electron chi connectivity index (χ1n) is 18.4. The van der Waals surface area contributed by atoms with Gasteiger partial charge >= 0.3 is 0 Å². The van der Waals surface area contributed by atoms with E-state index in [1.807, 2.05) is 25.2 Å². The number of nitrogens with one attached hydrogen (secondary N) is 3. The van der Waals surface area contributed by atoms with Crippen LogP contribution in [0.2, 0.25) is 0 Å². The smallest absolute Gasteiger partial charge is 0.243 e. The zero-order valence-electron chi connectivity index (χ0n) is 31.6. The second-order valence-corrected chi connectivity index (χ2v) is 15.2. The Morgan fingerprint density at radius 1 is 1.04 bits per heavy atom. The number of aryl methyl sites for hydroxylation is 2. The van der Waals surface area contributed by atoms with Crippen molar-refractivity contribution < 1.29 is 32.7 Å². The summed E-state index contributed by atoms with van der Waals surface area (Å²) in [6.07, 6.45) is 7.00. The Labute approximate surface area is 314 Å². The van der Waals surface area contributed by atoms with Gasteiger partial charge in [0.2, 0.25) is 11.8 Å². The molecule has 6 rings (SSSR count). The fraction of sp³-hybridized carbons (Fsp3) is 0.405. The lowest BCUT2D eigenvalue weighted by atomic mass is 9.73. The second-order valence-electron chi connectivity index (χ2n) is 15.2. The predicted octanol–water partition coefficient (Wildman–Crippen LogP) is 8.16. The van der Waals surface area contributed by atoms with Gasteiger partial charge in [0.05, 0.1) is 18.8 Å². The molecule has 3 aromatic carbocycles. The van der Waals surface area contributed by atoms with Gasteiger partial charge < -0.3 is 24.3 Å². The van der Waals surface area contributed by atoms with Crippen molar-refractivity contribution in [1.82, 2.24) is 25.3 Å². The maximum absolute atomic E-state index is 15.7. The van der Waals surface area contributed by atoms with Gasteiger partial charge in [0.1, 0.15) is 17.4 Å². The number of hydroxylamine groups is 1. The third-order valence-electron chi connectivity index (χ3n) is 10.4. The normalized spacial score (nSPS) is 18.0. The number of hydrogen-bond donors (Lipinski definition) is 3. The van der Waals surface area contributed by atoms with E-state index in [9.17, 15) is 9.59 Å². The van der Waals surface area contributed by atoms with Crippen LogP contribution in [0.5, 0.6) is 11.5 Å². The average molecular weight is 742 g/mol. The zero-order chi connectivity index (χ0) is 38.5. The first-order chi connectivity index (χ1) is 25.9. The van der Waals surface area contributed by atoms with Crippen molar-refractivity contribution >= 4 is 22.7 Å². The second kappa shape index (κ2) is 16.5. The zero-order valence-corrected chi connectivity index (χ0v) is 31.6. The highest BCUT2D eigenvalue weighted by Gasteiger charge is 2.33. The Bertz CT molecular complexity index is 2110. The number of halogens is 2. The molecular formula is C42H49F2N5O5. The monoisotopic (exact) mass is 741 g/mol. The van der Waals surface area contributed by atoms with Crippen molar-refractivity contribution in [2.75, 3.05) is 33.9 Å². The molecule has 5 aromatic rings. The summed E-state index contributed by atoms with van der Waals surface area (Å²) in [5.41, 5.74) is 5.79. The van der Waals surface area contributed by atoms with Crippen LogP contribution in [0.15, 0.2) is 67.0 Å². The fourth-order valence-corrected chi connectivity index (χ4v) is 7.41. The summed E-state index contributed by atoms with van der Waals surface area (Å²) in [5.74, 6) is -0.843. The summed E-state index contributed by atoms with van der Waals surface area (Å²) in [4.78, 5) is 44.1. The van der Waals surface area contributed by atoms with E-state index >= 15 is 8.78 Å². The summed E-state index contributed by atoms with van der Waals surface area (Å²) < 4.78 is 42.5. The Balaban J connectivity index is 1.37. The van der Waals surface area contributed by atoms with Gasteiger partial charge in [0.15, 0.2) is 11.6 Å². The maximum atomic E-state index is 15.7. The molecule has 0 radical (unpaired) electrons. The third kappa shape index (κ3) is 8.82. The Morgan fingerprint density at radius 2 is 1.87 bits per heavy atom. The number of H-pyrrole nitrogens is 2. The van der Waals surface area contributed by atoms with Crippen LogP contribution in [0.4, 0.5) is 8.78 Å². The number of amides is 2. The van der Waals surface area contributed by atoms with Gasteiger partial charge in [-0.25, -0.2) is 19.2 Å². The molecule has 1 aliphatic heterocycles. The van der Waals surface area contributed by atoms with E-state index in [-0.39, 0.29) is 60.2 Å². The van der Waals surface area contributed by atoms with Gasteiger partial charge in [-0.05, 0) is 73.4 Å². The summed E-state index contributed by atoms with van der Waals surface area (Å²) >= 11 is 0. The molecule has 54 heavy (non-hydrogen) atoms. The van der Waals surface area contributed by atoms with Crippen LogP contribution in [0, 0.1) is 17.0 Å². The van der Waals surface area contributed by atoms with E-state index in [0.717, 1.165) is 41.5 Å². The molecule has 12 heteroatoms. The lowest BCUT2D eigenvalue weighted by Gasteiger charge is -2.34. The predicted molar refractivity (Wildman–Crippen MR) is 203 cm³/mol. The Hall–Kier alpha value is -5.07. The lowest BCUT2D eigenvalue weighted by Crippen LogP contribution is -2.36. The number of ether oxygens (including phenoxy) is 2. The maximum Gasteiger partial charge on any atom is 0.243 e. The molecule has 286 valence electrons. The van der Waals surface area contributed by atoms with Crippen molar-refractivity contribution in [2.24, 2.45) is 5.41 Å². The molecular weight excluding hydrogens is 692 g/mol. The molecule has 1 atom stereocenters. The molecule has 3 N–H and O–H groups in total. The van der Waals surface area contributed by atoms with Crippen molar-refractivity contribution in [3.63, 3.8) is 0 Å². The molecule has 1 aliphatic rings. The number of fused-ring (bicyclic) bond motifs is 8. The van der Waals surface area contributed by atoms with Gasteiger partial charge in [-0.2, -0.15) is 0 Å². The van der Waals surface area contributed by atoms with Crippen LogP contribution in [-0.2, 0) is 37.4 Å². The minimum absolute atomic E-state index is 0.00273. The van der Waals surface area contributed by atoms with E-state index in [1.54, 1.807) is 24.4 Å². The molecule has 1 unspecified atom stereocenters. The van der Waals surface area contributed by atoms with Gasteiger partial charge in [0.25, 0.3) is 0 Å². The molecule has 0 saturated carbocycles. The minimum atomic E-state index is -0.590. The molecule has 0 fully saturated rings. The molecule has 2 aromatic heterocycles. The molecule has 0 spiro atoms. The standard InChI is InChI=1S/C42H49F2N5O5/c1-41(2)17-7-18-42(3,28-9-6-8-27(22-28)10-14-37(50)48-53-21-20-52-5)36-25-46-40(47-36)32-23-29(11-13-33(32)43)54-39-31(12-15-38(51)49(4)26-41)30-16-19-45-35(30)24-34(39)44/h6,8-9,11,13,16,19,22-25,45H,7,10,12,14-15,17-18,20-21,26H2,1-5H3,(H,46,47)(H,48,50). The fourth-order valence-electron chi connectivity index (χ4n) is 7.41. The number of methoxy groups -OCH3 is 1. The van der Waals surface area contributed by atoms with Gasteiger partial charge in [-0.15, -0.1) is 0 Å². The average Bonchev–Trinajstić information content (AvgIpc) is 3.83. The highest BCUT2D eigenvalue weighted by atomic mass is 19.1. The van der Waals surface area contributed by atoms with Crippen molar-refractivity contribution in [3.05, 3.63) is 101 Å². The van der Waals surface area contributed by atoms with E-state index in [2.05, 4.69) is 53.3 Å².